The first-order chi connectivity index (χ1) is 8.27. The van der Waals surface area contributed by atoms with Crippen LogP contribution in [0.25, 0.3) is 10.9 Å². The number of anilines is 1. The Bertz CT molecular complexity index is 695. The lowest BCUT2D eigenvalue weighted by Crippen LogP contribution is -2.16. The Kier molecular flexibility index (Phi) is 1.98. The number of H-pyrrole nitrogens is 1. The summed E-state index contributed by atoms with van der Waals surface area (Å²) in [7, 11) is 0. The number of hydrogen-bond acceptors (Lipinski definition) is 3. The maximum atomic E-state index is 12.2. The third kappa shape index (κ3) is 1.40. The van der Waals surface area contributed by atoms with E-state index in [-0.39, 0.29) is 5.91 Å². The summed E-state index contributed by atoms with van der Waals surface area (Å²) in [4.78, 5) is 15.3. The number of carbonyl (C=O) groups is 1. The average molecular weight is 226 g/mol. The number of fused-ring (bicyclic) bond motifs is 1. The highest BCUT2D eigenvalue weighted by Gasteiger charge is 2.14. The molecule has 0 radical (unpaired) electrons. The quantitative estimate of drug-likeness (QED) is 0.662. The van der Waals surface area contributed by atoms with Crippen molar-refractivity contribution in [3.63, 3.8) is 0 Å². The van der Waals surface area contributed by atoms with Crippen LogP contribution in [0, 0.1) is 0 Å². The van der Waals surface area contributed by atoms with Crippen molar-refractivity contribution in [2.24, 2.45) is 0 Å². The van der Waals surface area contributed by atoms with Crippen molar-refractivity contribution in [2.75, 3.05) is 5.73 Å². The molecule has 2 heterocycles. The van der Waals surface area contributed by atoms with Crippen LogP contribution in [0.5, 0.6) is 0 Å². The van der Waals surface area contributed by atoms with Crippen molar-refractivity contribution < 1.29 is 4.79 Å². The number of benzene rings is 1. The van der Waals surface area contributed by atoms with E-state index in [0.717, 1.165) is 10.9 Å². The number of para-hydroxylation sites is 1. The van der Waals surface area contributed by atoms with Crippen LogP contribution >= 0.6 is 0 Å². The number of aromatic nitrogens is 3. The van der Waals surface area contributed by atoms with Gasteiger partial charge in [0.25, 0.3) is 5.91 Å². The van der Waals surface area contributed by atoms with E-state index in [9.17, 15) is 4.79 Å². The Labute approximate surface area is 96.9 Å². The Hall–Kier alpha value is -2.56. The zero-order chi connectivity index (χ0) is 11.8. The van der Waals surface area contributed by atoms with E-state index in [1.807, 2.05) is 18.2 Å². The molecule has 0 aliphatic carbocycles. The van der Waals surface area contributed by atoms with Gasteiger partial charge in [-0.2, -0.15) is 9.78 Å². The molecule has 0 spiro atoms. The van der Waals surface area contributed by atoms with Crippen molar-refractivity contribution in [3.05, 3.63) is 48.3 Å². The Morgan fingerprint density at radius 2 is 2.18 bits per heavy atom. The van der Waals surface area contributed by atoms with E-state index in [0.29, 0.717) is 11.4 Å². The number of aromatic amines is 1. The second kappa shape index (κ2) is 3.48. The predicted octanol–water partition coefficient (Wildman–Crippen LogP) is 1.64. The van der Waals surface area contributed by atoms with Crippen LogP contribution in [0.4, 0.5) is 5.82 Å². The molecule has 5 nitrogen and oxygen atoms in total. The molecule has 0 aliphatic rings. The summed E-state index contributed by atoms with van der Waals surface area (Å²) < 4.78 is 1.19. The molecule has 17 heavy (non-hydrogen) atoms. The zero-order valence-corrected chi connectivity index (χ0v) is 8.92. The van der Waals surface area contributed by atoms with E-state index in [1.54, 1.807) is 18.3 Å². The molecule has 0 unspecified atom stereocenters. The molecule has 0 amide bonds. The summed E-state index contributed by atoms with van der Waals surface area (Å²) in [5, 5.41) is 4.90. The first-order valence-corrected chi connectivity index (χ1v) is 5.17. The summed E-state index contributed by atoms with van der Waals surface area (Å²) in [5.41, 5.74) is 7.02. The van der Waals surface area contributed by atoms with Crippen molar-refractivity contribution in [1.29, 1.82) is 0 Å². The van der Waals surface area contributed by atoms with Gasteiger partial charge in [-0.15, -0.1) is 0 Å². The highest BCUT2D eigenvalue weighted by molar-refractivity contribution is 6.07. The van der Waals surface area contributed by atoms with Gasteiger partial charge in [-0.25, -0.2) is 0 Å². The second-order valence-electron chi connectivity index (χ2n) is 3.72. The number of nitrogens with two attached hydrogens (primary N) is 1. The van der Waals surface area contributed by atoms with Gasteiger partial charge in [-0.3, -0.25) is 4.79 Å². The maximum Gasteiger partial charge on any atom is 0.282 e. The van der Waals surface area contributed by atoms with Crippen LogP contribution in [-0.4, -0.2) is 20.7 Å². The summed E-state index contributed by atoms with van der Waals surface area (Å²) in [6.45, 7) is 0. The van der Waals surface area contributed by atoms with Gasteiger partial charge >= 0.3 is 0 Å². The summed E-state index contributed by atoms with van der Waals surface area (Å²) >= 11 is 0. The molecule has 0 saturated heterocycles. The number of hydrogen-bond donors (Lipinski definition) is 2. The van der Waals surface area contributed by atoms with Gasteiger partial charge in [-0.1, -0.05) is 12.1 Å². The fraction of sp³-hybridized carbons (Fsp3) is 0. The predicted molar refractivity (Wildman–Crippen MR) is 64.7 cm³/mol. The normalized spacial score (nSPS) is 10.8. The van der Waals surface area contributed by atoms with Crippen LogP contribution < -0.4 is 5.73 Å². The van der Waals surface area contributed by atoms with Gasteiger partial charge in [0.15, 0.2) is 0 Å². The number of nitrogen functional groups attached to an aromatic ring is 1. The molecule has 0 atom stereocenters. The fourth-order valence-corrected chi connectivity index (χ4v) is 1.86. The Morgan fingerprint density at radius 3 is 2.94 bits per heavy atom. The van der Waals surface area contributed by atoms with Crippen LogP contribution in [0.2, 0.25) is 0 Å². The molecule has 84 valence electrons. The molecule has 3 rings (SSSR count). The largest absolute Gasteiger partial charge is 0.383 e. The van der Waals surface area contributed by atoms with Gasteiger partial charge in [-0.05, 0) is 12.1 Å². The summed E-state index contributed by atoms with van der Waals surface area (Å²) in [6.07, 6.45) is 3.30. The molecule has 5 heteroatoms. The molecule has 0 bridgehead atoms. The molecular formula is C12H10N4O. The van der Waals surface area contributed by atoms with E-state index in [2.05, 4.69) is 10.1 Å². The zero-order valence-electron chi connectivity index (χ0n) is 8.92. The molecule has 0 saturated carbocycles. The van der Waals surface area contributed by atoms with Gasteiger partial charge in [0, 0.05) is 17.6 Å². The smallest absolute Gasteiger partial charge is 0.282 e. The number of carbonyl (C=O) groups excluding carboxylic acids is 1. The molecule has 0 aliphatic heterocycles. The van der Waals surface area contributed by atoms with Crippen LogP contribution in [0.3, 0.4) is 0 Å². The lowest BCUT2D eigenvalue weighted by atomic mass is 10.1. The van der Waals surface area contributed by atoms with Crippen molar-refractivity contribution >= 4 is 22.6 Å². The minimum atomic E-state index is -0.236. The van der Waals surface area contributed by atoms with Crippen LogP contribution in [0.15, 0.2) is 42.7 Å². The minimum absolute atomic E-state index is 0.236. The lowest BCUT2D eigenvalue weighted by Gasteiger charge is -2.04. The third-order valence-corrected chi connectivity index (χ3v) is 2.68. The molecule has 0 fully saturated rings. The van der Waals surface area contributed by atoms with Crippen molar-refractivity contribution in [3.8, 4) is 0 Å². The highest BCUT2D eigenvalue weighted by Crippen LogP contribution is 2.18. The first-order valence-electron chi connectivity index (χ1n) is 5.17. The van der Waals surface area contributed by atoms with Gasteiger partial charge in [0.2, 0.25) is 0 Å². The lowest BCUT2D eigenvalue weighted by molar-refractivity contribution is 0.0949. The molecule has 3 aromatic rings. The molecule has 2 aromatic heterocycles. The maximum absolute atomic E-state index is 12.2. The Morgan fingerprint density at radius 1 is 1.29 bits per heavy atom. The fourth-order valence-electron chi connectivity index (χ4n) is 1.86. The van der Waals surface area contributed by atoms with Gasteiger partial charge in [0.1, 0.15) is 5.82 Å². The second-order valence-corrected chi connectivity index (χ2v) is 3.72. The third-order valence-electron chi connectivity index (χ3n) is 2.68. The molecule has 1 aromatic carbocycles. The molecule has 3 N–H and O–H groups in total. The summed E-state index contributed by atoms with van der Waals surface area (Å²) in [6, 6.07) is 9.03. The highest BCUT2D eigenvalue weighted by atomic mass is 16.2. The van der Waals surface area contributed by atoms with E-state index in [1.165, 1.54) is 10.9 Å². The number of nitrogens with one attached hydrogen (secondary N) is 1. The summed E-state index contributed by atoms with van der Waals surface area (Å²) in [5.74, 6) is 0.0964. The molecular weight excluding hydrogens is 216 g/mol. The van der Waals surface area contributed by atoms with E-state index < -0.39 is 0 Å². The van der Waals surface area contributed by atoms with Gasteiger partial charge in [0.05, 0.1) is 17.3 Å². The Balaban J connectivity index is 2.19. The van der Waals surface area contributed by atoms with E-state index >= 15 is 0 Å². The SMILES string of the molecule is Nc1ccnn1C(=O)c1cccc2cc[nH]c12. The average Bonchev–Trinajstić information content (AvgIpc) is 2.95. The van der Waals surface area contributed by atoms with E-state index in [4.69, 9.17) is 5.73 Å². The minimum Gasteiger partial charge on any atom is -0.383 e. The van der Waals surface area contributed by atoms with Crippen molar-refractivity contribution in [1.82, 2.24) is 14.8 Å². The first kappa shape index (κ1) is 9.65. The number of nitrogens with zero attached hydrogens (tertiary/aromatic N) is 2. The van der Waals surface area contributed by atoms with Gasteiger partial charge < -0.3 is 10.7 Å². The number of rotatable bonds is 1. The van der Waals surface area contributed by atoms with Crippen LogP contribution in [-0.2, 0) is 0 Å². The monoisotopic (exact) mass is 226 g/mol. The standard InChI is InChI=1S/C12H10N4O/c13-10-5-7-15-16(10)12(17)9-3-1-2-8-4-6-14-11(8)9/h1-7,14H,13H2. The van der Waals surface area contributed by atoms with Crippen LogP contribution in [0.1, 0.15) is 10.4 Å². The van der Waals surface area contributed by atoms with Crippen molar-refractivity contribution in [2.45, 2.75) is 0 Å². The topological polar surface area (TPSA) is 76.7 Å².